The van der Waals surface area contributed by atoms with Gasteiger partial charge in [-0.1, -0.05) is 0 Å². The molecule has 1 aromatic rings. The summed E-state index contributed by atoms with van der Waals surface area (Å²) in [5, 5.41) is 2.43. The monoisotopic (exact) mass is 272 g/mol. The summed E-state index contributed by atoms with van der Waals surface area (Å²) in [5.41, 5.74) is 0. The van der Waals surface area contributed by atoms with Crippen LogP contribution in [0.15, 0.2) is 18.3 Å². The van der Waals surface area contributed by atoms with Crippen LogP contribution in [-0.2, 0) is 4.79 Å². The molecule has 1 amide bonds. The van der Waals surface area contributed by atoms with Crippen molar-refractivity contribution in [3.05, 3.63) is 21.9 Å². The molecular formula is C8H5IN2O. The number of halogens is 1. The number of carbonyl (C=O) groups excluding carboxylic acids is 1. The van der Waals surface area contributed by atoms with Crippen molar-refractivity contribution < 1.29 is 4.79 Å². The minimum Gasteiger partial charge on any atom is -0.300 e. The van der Waals surface area contributed by atoms with E-state index in [-0.39, 0.29) is 0 Å². The lowest BCUT2D eigenvalue weighted by molar-refractivity contribution is -0.111. The summed E-state index contributed by atoms with van der Waals surface area (Å²) in [6.07, 6.45) is 6.50. The fourth-order valence-electron chi connectivity index (χ4n) is 0.602. The van der Waals surface area contributed by atoms with Gasteiger partial charge in [0, 0.05) is 9.77 Å². The highest BCUT2D eigenvalue weighted by atomic mass is 127. The average molecular weight is 272 g/mol. The van der Waals surface area contributed by atoms with Crippen LogP contribution in [0.5, 0.6) is 0 Å². The quantitative estimate of drug-likeness (QED) is 0.617. The van der Waals surface area contributed by atoms with Crippen LogP contribution in [0.1, 0.15) is 0 Å². The number of carbonyl (C=O) groups is 1. The van der Waals surface area contributed by atoms with Gasteiger partial charge in [-0.15, -0.1) is 6.42 Å². The summed E-state index contributed by atoms with van der Waals surface area (Å²) in [6, 6.07) is 3.52. The van der Waals surface area contributed by atoms with E-state index in [9.17, 15) is 4.79 Å². The molecule has 60 valence electrons. The lowest BCUT2D eigenvalue weighted by atomic mass is 10.4. The van der Waals surface area contributed by atoms with E-state index in [2.05, 4.69) is 32.9 Å². The summed E-state index contributed by atoms with van der Waals surface area (Å²) in [7, 11) is 0. The van der Waals surface area contributed by atoms with Crippen LogP contribution < -0.4 is 5.32 Å². The number of hydrogen-bond acceptors (Lipinski definition) is 2. The molecule has 1 rings (SSSR count). The maximum absolute atomic E-state index is 10.7. The third kappa shape index (κ3) is 2.51. The van der Waals surface area contributed by atoms with Gasteiger partial charge in [-0.2, -0.15) is 0 Å². The first-order chi connectivity index (χ1) is 5.72. The van der Waals surface area contributed by atoms with E-state index in [0.717, 1.165) is 3.57 Å². The predicted molar refractivity (Wildman–Crippen MR) is 54.4 cm³/mol. The highest BCUT2D eigenvalue weighted by Gasteiger charge is 1.97. The first kappa shape index (κ1) is 9.00. The molecule has 0 saturated carbocycles. The van der Waals surface area contributed by atoms with Crippen molar-refractivity contribution in [3.8, 4) is 12.3 Å². The summed E-state index contributed by atoms with van der Waals surface area (Å²) < 4.78 is 1.01. The van der Waals surface area contributed by atoms with Crippen LogP contribution in [0.25, 0.3) is 0 Å². The standard InChI is InChI=1S/C8H5IN2O/c1-2-8(12)11-7-4-3-6(9)5-10-7/h1,3-5H,(H,10,11,12). The fraction of sp³-hybridized carbons (Fsp3) is 0. The van der Waals surface area contributed by atoms with Gasteiger partial charge in [0.25, 0.3) is 0 Å². The zero-order chi connectivity index (χ0) is 8.97. The van der Waals surface area contributed by atoms with E-state index in [0.29, 0.717) is 5.82 Å². The van der Waals surface area contributed by atoms with Crippen molar-refractivity contribution in [2.24, 2.45) is 0 Å². The van der Waals surface area contributed by atoms with Crippen molar-refractivity contribution in [1.82, 2.24) is 4.98 Å². The highest BCUT2D eigenvalue weighted by Crippen LogP contribution is 2.06. The maximum Gasteiger partial charge on any atom is 0.301 e. The highest BCUT2D eigenvalue weighted by molar-refractivity contribution is 14.1. The summed E-state index contributed by atoms with van der Waals surface area (Å²) >= 11 is 2.12. The van der Waals surface area contributed by atoms with E-state index < -0.39 is 5.91 Å². The third-order valence-corrected chi connectivity index (χ3v) is 1.74. The Balaban J connectivity index is 2.73. The van der Waals surface area contributed by atoms with Gasteiger partial charge in [0.1, 0.15) is 5.82 Å². The minimum absolute atomic E-state index is 0.471. The Labute approximate surface area is 83.7 Å². The lowest BCUT2D eigenvalue weighted by Crippen LogP contribution is -2.09. The summed E-state index contributed by atoms with van der Waals surface area (Å²) in [4.78, 5) is 14.6. The number of terminal acetylenes is 1. The molecule has 0 bridgehead atoms. The maximum atomic E-state index is 10.7. The number of pyridine rings is 1. The largest absolute Gasteiger partial charge is 0.301 e. The predicted octanol–water partition coefficient (Wildman–Crippen LogP) is 1.26. The minimum atomic E-state index is -0.483. The lowest BCUT2D eigenvalue weighted by Gasteiger charge is -1.98. The van der Waals surface area contributed by atoms with Crippen LogP contribution in [0, 0.1) is 15.9 Å². The first-order valence-corrected chi connectivity index (χ1v) is 4.19. The molecule has 1 aromatic heterocycles. The topological polar surface area (TPSA) is 42.0 Å². The smallest absolute Gasteiger partial charge is 0.300 e. The van der Waals surface area contributed by atoms with Gasteiger partial charge in [-0.25, -0.2) is 4.98 Å². The molecule has 0 saturated heterocycles. The molecule has 12 heavy (non-hydrogen) atoms. The van der Waals surface area contributed by atoms with Crippen LogP contribution in [0.2, 0.25) is 0 Å². The van der Waals surface area contributed by atoms with E-state index in [1.807, 2.05) is 12.0 Å². The Morgan fingerprint density at radius 3 is 2.92 bits per heavy atom. The van der Waals surface area contributed by atoms with Crippen LogP contribution in [-0.4, -0.2) is 10.9 Å². The number of hydrogen-bond donors (Lipinski definition) is 1. The van der Waals surface area contributed by atoms with Gasteiger partial charge in [-0.05, 0) is 40.6 Å². The van der Waals surface area contributed by atoms with Gasteiger partial charge in [-0.3, -0.25) is 10.1 Å². The normalized spacial score (nSPS) is 8.67. The van der Waals surface area contributed by atoms with Crippen molar-refractivity contribution in [2.45, 2.75) is 0 Å². The van der Waals surface area contributed by atoms with Crippen LogP contribution in [0.3, 0.4) is 0 Å². The fourth-order valence-corrected chi connectivity index (χ4v) is 0.921. The number of nitrogens with one attached hydrogen (secondary N) is 1. The molecule has 0 spiro atoms. The Morgan fingerprint density at radius 2 is 2.42 bits per heavy atom. The summed E-state index contributed by atoms with van der Waals surface area (Å²) in [5.74, 6) is 1.92. The number of amides is 1. The molecule has 0 aliphatic rings. The SMILES string of the molecule is C#CC(=O)Nc1ccc(I)cn1. The molecule has 0 aliphatic heterocycles. The number of anilines is 1. The Kier molecular flexibility index (Phi) is 3.05. The van der Waals surface area contributed by atoms with Crippen molar-refractivity contribution >= 4 is 34.3 Å². The molecule has 3 nitrogen and oxygen atoms in total. The second kappa shape index (κ2) is 4.07. The van der Waals surface area contributed by atoms with Gasteiger partial charge < -0.3 is 0 Å². The molecule has 1 N–H and O–H groups in total. The van der Waals surface area contributed by atoms with Crippen LogP contribution in [0.4, 0.5) is 5.82 Å². The number of nitrogens with zero attached hydrogens (tertiary/aromatic N) is 1. The zero-order valence-corrected chi connectivity index (χ0v) is 8.20. The van der Waals surface area contributed by atoms with Crippen molar-refractivity contribution in [2.75, 3.05) is 5.32 Å². The molecule has 0 aromatic carbocycles. The van der Waals surface area contributed by atoms with E-state index in [1.54, 1.807) is 12.3 Å². The molecule has 0 radical (unpaired) electrons. The second-order valence-corrected chi connectivity index (χ2v) is 3.21. The summed E-state index contributed by atoms with van der Waals surface area (Å²) in [6.45, 7) is 0. The number of rotatable bonds is 1. The molecule has 4 heteroatoms. The van der Waals surface area contributed by atoms with Crippen molar-refractivity contribution in [3.63, 3.8) is 0 Å². The third-order valence-electron chi connectivity index (χ3n) is 1.10. The van der Waals surface area contributed by atoms with E-state index >= 15 is 0 Å². The second-order valence-electron chi connectivity index (χ2n) is 1.96. The molecule has 0 fully saturated rings. The first-order valence-electron chi connectivity index (χ1n) is 3.11. The van der Waals surface area contributed by atoms with E-state index in [4.69, 9.17) is 6.42 Å². The average Bonchev–Trinajstić information content (AvgIpc) is 2.09. The van der Waals surface area contributed by atoms with Gasteiger partial charge >= 0.3 is 5.91 Å². The molecule has 0 atom stereocenters. The Morgan fingerprint density at radius 1 is 1.67 bits per heavy atom. The molecule has 0 aliphatic carbocycles. The van der Waals surface area contributed by atoms with Gasteiger partial charge in [0.15, 0.2) is 0 Å². The van der Waals surface area contributed by atoms with E-state index in [1.165, 1.54) is 0 Å². The van der Waals surface area contributed by atoms with Gasteiger partial charge in [0.05, 0.1) is 0 Å². The number of aromatic nitrogens is 1. The van der Waals surface area contributed by atoms with Gasteiger partial charge in [0.2, 0.25) is 0 Å². The molecule has 0 unspecified atom stereocenters. The molecule has 1 heterocycles. The Bertz CT molecular complexity index is 326. The molecular weight excluding hydrogens is 267 g/mol. The van der Waals surface area contributed by atoms with Crippen molar-refractivity contribution in [1.29, 1.82) is 0 Å². The zero-order valence-electron chi connectivity index (χ0n) is 6.04. The Hall–Kier alpha value is -1.09. The van der Waals surface area contributed by atoms with Crippen LogP contribution >= 0.6 is 22.6 Å².